The third kappa shape index (κ3) is 9.69. The van der Waals surface area contributed by atoms with E-state index in [1.54, 1.807) is 6.92 Å². The molecule has 0 saturated heterocycles. The molecule has 2 aromatic rings. The van der Waals surface area contributed by atoms with Gasteiger partial charge in [-0.25, -0.2) is 4.79 Å². The lowest BCUT2D eigenvalue weighted by Gasteiger charge is -2.16. The largest absolute Gasteiger partial charge is 0.505 e. The minimum atomic E-state index is -1.61. The van der Waals surface area contributed by atoms with Crippen molar-refractivity contribution in [2.24, 2.45) is 0 Å². The highest BCUT2D eigenvalue weighted by molar-refractivity contribution is 6.81. The molecule has 0 aliphatic carbocycles. The highest BCUT2D eigenvalue weighted by Crippen LogP contribution is 2.12. The molecule has 3 heteroatoms. The Morgan fingerprint density at radius 2 is 1.29 bits per heavy atom. The summed E-state index contributed by atoms with van der Waals surface area (Å²) in [6.07, 6.45) is 14.7. The molecule has 1 radical (unpaired) electrons. The van der Waals surface area contributed by atoms with Crippen molar-refractivity contribution >= 4 is 25.4 Å². The first-order valence-electron chi connectivity index (χ1n) is 12.0. The van der Waals surface area contributed by atoms with Crippen molar-refractivity contribution in [2.75, 3.05) is 0 Å². The van der Waals surface area contributed by atoms with Gasteiger partial charge in [-0.15, -0.1) is 0 Å². The molecule has 31 heavy (non-hydrogen) atoms. The third-order valence-electron chi connectivity index (χ3n) is 5.61. The van der Waals surface area contributed by atoms with E-state index in [0.29, 0.717) is 5.57 Å². The lowest BCUT2D eigenvalue weighted by Crippen LogP contribution is -2.46. The van der Waals surface area contributed by atoms with Gasteiger partial charge < -0.3 is 4.43 Å². The van der Waals surface area contributed by atoms with E-state index in [0.717, 1.165) is 16.8 Å². The number of hydrogen-bond donors (Lipinski definition) is 0. The van der Waals surface area contributed by atoms with Crippen molar-refractivity contribution < 1.29 is 9.22 Å². The standard InChI is InChI=1S/C28H39O2Si/c1-4-5-6-7-8-9-10-11-12-14-17-25-20-22-27(23-21-25)31(30-28(29)24(2)3)26-18-15-13-16-19-26/h13,15-16,18-23H,2,4-12,14,17H2,1,3H3. The number of benzene rings is 2. The topological polar surface area (TPSA) is 26.3 Å². The molecule has 0 aliphatic heterocycles. The van der Waals surface area contributed by atoms with Crippen LogP contribution in [-0.4, -0.2) is 15.0 Å². The van der Waals surface area contributed by atoms with Gasteiger partial charge in [0.05, 0.1) is 0 Å². The van der Waals surface area contributed by atoms with Gasteiger partial charge in [-0.3, -0.25) is 0 Å². The SMILES string of the molecule is C=C(C)C(=O)O[Si](c1ccccc1)c1ccc(CCCCCCCCCCCC)cc1. The maximum atomic E-state index is 12.2. The predicted molar refractivity (Wildman–Crippen MR) is 134 cm³/mol. The Morgan fingerprint density at radius 1 is 0.774 bits per heavy atom. The highest BCUT2D eigenvalue weighted by atomic mass is 28.3. The summed E-state index contributed by atoms with van der Waals surface area (Å²) in [5.74, 6) is -0.313. The van der Waals surface area contributed by atoms with Gasteiger partial charge in [0.15, 0.2) is 0 Å². The number of carbonyl (C=O) groups is 1. The fraction of sp³-hybridized carbons (Fsp3) is 0.464. The molecule has 2 aromatic carbocycles. The molecule has 0 bridgehead atoms. The highest BCUT2D eigenvalue weighted by Gasteiger charge is 2.24. The van der Waals surface area contributed by atoms with Crippen molar-refractivity contribution in [1.29, 1.82) is 0 Å². The monoisotopic (exact) mass is 435 g/mol. The van der Waals surface area contributed by atoms with E-state index >= 15 is 0 Å². The molecule has 2 nitrogen and oxygen atoms in total. The fourth-order valence-corrected chi connectivity index (χ4v) is 5.59. The van der Waals surface area contributed by atoms with E-state index in [-0.39, 0.29) is 5.97 Å². The van der Waals surface area contributed by atoms with Crippen LogP contribution < -0.4 is 10.4 Å². The molecule has 0 fully saturated rings. The minimum absolute atomic E-state index is 0.313. The minimum Gasteiger partial charge on any atom is -0.505 e. The second-order valence-corrected chi connectivity index (χ2v) is 10.5. The third-order valence-corrected chi connectivity index (χ3v) is 7.72. The molecule has 2 rings (SSSR count). The number of hydrogen-bond acceptors (Lipinski definition) is 2. The molecule has 0 saturated carbocycles. The van der Waals surface area contributed by atoms with Crippen LogP contribution >= 0.6 is 0 Å². The number of unbranched alkanes of at least 4 members (excludes halogenated alkanes) is 9. The summed E-state index contributed by atoms with van der Waals surface area (Å²) in [4.78, 5) is 12.2. The van der Waals surface area contributed by atoms with Gasteiger partial charge in [0.25, 0.3) is 0 Å². The van der Waals surface area contributed by atoms with Crippen LogP contribution in [0.1, 0.15) is 83.6 Å². The average Bonchev–Trinajstić information content (AvgIpc) is 2.79. The summed E-state index contributed by atoms with van der Waals surface area (Å²) in [6.45, 7) is 7.70. The quantitative estimate of drug-likeness (QED) is 0.184. The van der Waals surface area contributed by atoms with E-state index in [9.17, 15) is 4.79 Å². The molecule has 167 valence electrons. The first-order valence-corrected chi connectivity index (χ1v) is 13.4. The van der Waals surface area contributed by atoms with Gasteiger partial charge in [-0.1, -0.05) is 126 Å². The second-order valence-electron chi connectivity index (χ2n) is 8.49. The van der Waals surface area contributed by atoms with Crippen LogP contribution in [0.5, 0.6) is 0 Å². The summed E-state index contributed by atoms with van der Waals surface area (Å²) in [7, 11) is -1.61. The summed E-state index contributed by atoms with van der Waals surface area (Å²) in [6, 6.07) is 18.7. The summed E-state index contributed by atoms with van der Waals surface area (Å²) in [5.41, 5.74) is 1.81. The Morgan fingerprint density at radius 3 is 1.84 bits per heavy atom. The van der Waals surface area contributed by atoms with Gasteiger partial charge in [-0.05, 0) is 35.7 Å². The molecule has 0 unspecified atom stereocenters. The van der Waals surface area contributed by atoms with Crippen molar-refractivity contribution in [3.8, 4) is 0 Å². The van der Waals surface area contributed by atoms with Crippen LogP contribution in [0, 0.1) is 0 Å². The van der Waals surface area contributed by atoms with Crippen LogP contribution in [0.2, 0.25) is 0 Å². The molecule has 0 aromatic heterocycles. The first kappa shape index (κ1) is 25.1. The molecule has 0 aliphatic rings. The summed E-state index contributed by atoms with van der Waals surface area (Å²) < 4.78 is 5.85. The van der Waals surface area contributed by atoms with E-state index in [4.69, 9.17) is 4.43 Å². The second kappa shape index (κ2) is 14.8. The van der Waals surface area contributed by atoms with E-state index in [1.165, 1.54) is 69.8 Å². The van der Waals surface area contributed by atoms with Gasteiger partial charge in [0.1, 0.15) is 0 Å². The molecule has 0 spiro atoms. The molecular weight excluding hydrogens is 396 g/mol. The van der Waals surface area contributed by atoms with Crippen LogP contribution in [0.15, 0.2) is 66.7 Å². The predicted octanol–water partition coefficient (Wildman–Crippen LogP) is 6.38. The summed E-state index contributed by atoms with van der Waals surface area (Å²) >= 11 is 0. The molecule has 0 heterocycles. The zero-order valence-electron chi connectivity index (χ0n) is 19.5. The smallest absolute Gasteiger partial charge is 0.356 e. The lowest BCUT2D eigenvalue weighted by molar-refractivity contribution is -0.130. The van der Waals surface area contributed by atoms with Crippen molar-refractivity contribution in [1.82, 2.24) is 0 Å². The molecule has 0 amide bonds. The van der Waals surface area contributed by atoms with E-state index in [2.05, 4.69) is 37.8 Å². The van der Waals surface area contributed by atoms with Crippen LogP contribution in [-0.2, 0) is 15.6 Å². The number of aryl methyl sites for hydroxylation is 1. The average molecular weight is 436 g/mol. The van der Waals surface area contributed by atoms with Crippen LogP contribution in [0.4, 0.5) is 0 Å². The van der Waals surface area contributed by atoms with Gasteiger partial charge >= 0.3 is 15.0 Å². The van der Waals surface area contributed by atoms with Crippen LogP contribution in [0.25, 0.3) is 0 Å². The Hall–Kier alpha value is -2.13. The van der Waals surface area contributed by atoms with Crippen LogP contribution in [0.3, 0.4) is 0 Å². The van der Waals surface area contributed by atoms with Crippen molar-refractivity contribution in [3.05, 3.63) is 72.3 Å². The maximum absolute atomic E-state index is 12.2. The van der Waals surface area contributed by atoms with Crippen molar-refractivity contribution in [3.63, 3.8) is 0 Å². The maximum Gasteiger partial charge on any atom is 0.356 e. The zero-order chi connectivity index (χ0) is 22.3. The first-order chi connectivity index (χ1) is 15.1. The molecule has 0 atom stereocenters. The Labute approximate surface area is 191 Å². The molecular formula is C28H39O2Si. The van der Waals surface area contributed by atoms with E-state index < -0.39 is 9.04 Å². The Kier molecular flexibility index (Phi) is 12.0. The Bertz CT molecular complexity index is 767. The number of rotatable bonds is 15. The lowest BCUT2D eigenvalue weighted by atomic mass is 10.0. The number of carbonyl (C=O) groups excluding carboxylic acids is 1. The van der Waals surface area contributed by atoms with E-state index in [1.807, 2.05) is 30.3 Å². The van der Waals surface area contributed by atoms with Gasteiger partial charge in [0.2, 0.25) is 0 Å². The molecule has 0 N–H and O–H groups in total. The normalized spacial score (nSPS) is 10.9. The fourth-order valence-electron chi connectivity index (χ4n) is 3.69. The van der Waals surface area contributed by atoms with Gasteiger partial charge in [-0.2, -0.15) is 0 Å². The van der Waals surface area contributed by atoms with Gasteiger partial charge in [0, 0.05) is 5.57 Å². The van der Waals surface area contributed by atoms with Crippen molar-refractivity contribution in [2.45, 2.75) is 84.5 Å². The zero-order valence-corrected chi connectivity index (χ0v) is 20.5. The Balaban J connectivity index is 1.79. The summed E-state index contributed by atoms with van der Waals surface area (Å²) in [5, 5.41) is 2.17.